The Morgan fingerprint density at radius 1 is 1.26 bits per heavy atom. The summed E-state index contributed by atoms with van der Waals surface area (Å²) >= 11 is 0. The molecule has 176 valence electrons. The summed E-state index contributed by atoms with van der Waals surface area (Å²) in [4.78, 5) is 47.8. The number of hydrogen-bond acceptors (Lipinski definition) is 6. The summed E-state index contributed by atoms with van der Waals surface area (Å²) in [5.74, 6) is -3.93. The zero-order valence-corrected chi connectivity index (χ0v) is 18.2. The number of imidazole rings is 1. The predicted octanol–water partition coefficient (Wildman–Crippen LogP) is 1.67. The van der Waals surface area contributed by atoms with E-state index in [0.717, 1.165) is 11.8 Å². The van der Waals surface area contributed by atoms with E-state index in [0.29, 0.717) is 11.8 Å². The number of hydrogen-bond donors (Lipinski definition) is 3. The SMILES string of the molecule is C[C@@H]1c2nc[nH]c2[C@H](C)N2CN1n1cc(C(=O)NCc3ccc(F)cc3F)c(=O)c(O)c1C2=O. The lowest BCUT2D eigenvalue weighted by Gasteiger charge is -2.41. The molecule has 0 spiro atoms. The fourth-order valence-electron chi connectivity index (χ4n) is 4.40. The summed E-state index contributed by atoms with van der Waals surface area (Å²) in [6, 6.07) is 2.15. The lowest BCUT2D eigenvalue weighted by atomic mass is 10.1. The smallest absolute Gasteiger partial charge is 0.278 e. The number of aromatic nitrogens is 3. The van der Waals surface area contributed by atoms with Crippen molar-refractivity contribution in [1.82, 2.24) is 24.9 Å². The fourth-order valence-corrected chi connectivity index (χ4v) is 4.40. The summed E-state index contributed by atoms with van der Waals surface area (Å²) in [5.41, 5.74) is -0.291. The van der Waals surface area contributed by atoms with Crippen LogP contribution in [0.5, 0.6) is 5.75 Å². The van der Waals surface area contributed by atoms with Gasteiger partial charge in [-0.3, -0.25) is 24.1 Å². The molecule has 4 heterocycles. The number of rotatable bonds is 3. The molecule has 2 amide bonds. The molecule has 10 nitrogen and oxygen atoms in total. The van der Waals surface area contributed by atoms with Crippen molar-refractivity contribution in [3.63, 3.8) is 0 Å². The molecule has 2 aliphatic heterocycles. The van der Waals surface area contributed by atoms with Gasteiger partial charge in [0.25, 0.3) is 11.8 Å². The third-order valence-electron chi connectivity index (χ3n) is 6.33. The van der Waals surface area contributed by atoms with Crippen LogP contribution in [0.1, 0.15) is 63.7 Å². The monoisotopic (exact) mass is 470 g/mol. The average Bonchev–Trinajstić information content (AvgIpc) is 3.26. The average molecular weight is 470 g/mol. The van der Waals surface area contributed by atoms with Gasteiger partial charge in [-0.15, -0.1) is 0 Å². The van der Waals surface area contributed by atoms with Crippen LogP contribution in [0, 0.1) is 11.6 Å². The molecule has 2 aromatic heterocycles. The molecule has 0 fully saturated rings. The van der Waals surface area contributed by atoms with E-state index in [1.165, 1.54) is 28.2 Å². The van der Waals surface area contributed by atoms with E-state index in [1.54, 1.807) is 5.01 Å². The Balaban J connectivity index is 1.54. The highest BCUT2D eigenvalue weighted by molar-refractivity contribution is 5.99. The fraction of sp³-hybridized carbons (Fsp3) is 0.273. The zero-order chi connectivity index (χ0) is 24.3. The molecule has 5 rings (SSSR count). The van der Waals surface area contributed by atoms with E-state index in [9.17, 15) is 28.3 Å². The van der Waals surface area contributed by atoms with Crippen LogP contribution in [0.3, 0.4) is 0 Å². The Hall–Kier alpha value is -4.22. The van der Waals surface area contributed by atoms with E-state index in [4.69, 9.17) is 0 Å². The molecule has 2 aliphatic rings. The summed E-state index contributed by atoms with van der Waals surface area (Å²) in [6.45, 7) is 3.48. The minimum absolute atomic E-state index is 0.0176. The van der Waals surface area contributed by atoms with Crippen molar-refractivity contribution in [2.75, 3.05) is 11.7 Å². The van der Waals surface area contributed by atoms with Gasteiger partial charge in [-0.1, -0.05) is 6.07 Å². The summed E-state index contributed by atoms with van der Waals surface area (Å²) in [5, 5.41) is 14.8. The maximum Gasteiger partial charge on any atom is 0.278 e. The Morgan fingerprint density at radius 2 is 2.03 bits per heavy atom. The van der Waals surface area contributed by atoms with Gasteiger partial charge in [-0.05, 0) is 19.9 Å². The zero-order valence-electron chi connectivity index (χ0n) is 18.2. The maximum absolute atomic E-state index is 13.9. The number of fused-ring (bicyclic) bond motifs is 5. The number of carbonyl (C=O) groups is 2. The van der Waals surface area contributed by atoms with Crippen LogP contribution in [0.15, 0.2) is 35.5 Å². The molecule has 0 aliphatic carbocycles. The summed E-state index contributed by atoms with van der Waals surface area (Å²) < 4.78 is 28.3. The van der Waals surface area contributed by atoms with E-state index < -0.39 is 46.2 Å². The van der Waals surface area contributed by atoms with Crippen LogP contribution in [-0.4, -0.2) is 43.1 Å². The predicted molar refractivity (Wildman–Crippen MR) is 115 cm³/mol. The molecule has 12 heteroatoms. The quantitative estimate of drug-likeness (QED) is 0.535. The molecular formula is C22H20F2N6O4. The molecule has 3 N–H and O–H groups in total. The highest BCUT2D eigenvalue weighted by Crippen LogP contribution is 2.37. The second-order valence-electron chi connectivity index (χ2n) is 8.24. The lowest BCUT2D eigenvalue weighted by Crippen LogP contribution is -2.54. The van der Waals surface area contributed by atoms with Gasteiger partial charge in [0.15, 0.2) is 11.4 Å². The normalized spacial score (nSPS) is 18.9. The van der Waals surface area contributed by atoms with Crippen LogP contribution in [0.2, 0.25) is 0 Å². The van der Waals surface area contributed by atoms with Gasteiger partial charge < -0.3 is 20.3 Å². The van der Waals surface area contributed by atoms with Crippen molar-refractivity contribution in [1.29, 1.82) is 0 Å². The summed E-state index contributed by atoms with van der Waals surface area (Å²) in [6.07, 6.45) is 2.71. The Morgan fingerprint density at radius 3 is 2.76 bits per heavy atom. The standard InChI is InChI=1S/C22H20F2N6O4/c1-10-16-17(27-8-26-16)11(2)30-9-28(10)22(34)18-20(32)19(31)14(7-29(18)30)21(33)25-6-12-3-4-13(23)5-15(12)24/h3-5,7-8,10-11,32H,6,9H2,1-2H3,(H,25,33)(H,26,27)/t10-,11+/m0/s1. The van der Waals surface area contributed by atoms with Gasteiger partial charge in [0.05, 0.1) is 29.8 Å². The van der Waals surface area contributed by atoms with Crippen molar-refractivity contribution < 1.29 is 23.5 Å². The van der Waals surface area contributed by atoms with Crippen LogP contribution in [0.25, 0.3) is 0 Å². The maximum atomic E-state index is 13.9. The van der Waals surface area contributed by atoms with Crippen molar-refractivity contribution >= 4 is 11.8 Å². The van der Waals surface area contributed by atoms with Gasteiger partial charge in [-0.2, -0.15) is 0 Å². The first-order valence-electron chi connectivity index (χ1n) is 10.5. The Bertz CT molecular complexity index is 1400. The van der Waals surface area contributed by atoms with Gasteiger partial charge in [-0.25, -0.2) is 13.8 Å². The summed E-state index contributed by atoms with van der Waals surface area (Å²) in [7, 11) is 0. The van der Waals surface area contributed by atoms with Gasteiger partial charge in [0.2, 0.25) is 5.43 Å². The Labute approximate surface area is 191 Å². The Kier molecular flexibility index (Phi) is 4.88. The molecule has 0 unspecified atom stereocenters. The number of carbonyl (C=O) groups excluding carboxylic acids is 2. The van der Waals surface area contributed by atoms with E-state index in [-0.39, 0.29) is 30.5 Å². The van der Waals surface area contributed by atoms with E-state index >= 15 is 0 Å². The molecule has 0 saturated heterocycles. The molecule has 0 saturated carbocycles. The van der Waals surface area contributed by atoms with Gasteiger partial charge in [0, 0.05) is 24.4 Å². The number of aromatic amines is 1. The van der Waals surface area contributed by atoms with Crippen molar-refractivity contribution in [2.45, 2.75) is 32.5 Å². The molecule has 1 aromatic carbocycles. The van der Waals surface area contributed by atoms with Crippen molar-refractivity contribution in [3.8, 4) is 5.75 Å². The largest absolute Gasteiger partial charge is 0.502 e. The van der Waals surface area contributed by atoms with Crippen molar-refractivity contribution in [2.24, 2.45) is 0 Å². The first-order valence-corrected chi connectivity index (χ1v) is 10.5. The minimum Gasteiger partial charge on any atom is -0.502 e. The van der Waals surface area contributed by atoms with Crippen LogP contribution in [0.4, 0.5) is 8.78 Å². The lowest BCUT2D eigenvalue weighted by molar-refractivity contribution is 0.0611. The molecular weight excluding hydrogens is 450 g/mol. The van der Waals surface area contributed by atoms with Gasteiger partial charge in [0.1, 0.15) is 23.9 Å². The van der Waals surface area contributed by atoms with E-state index in [1.807, 2.05) is 13.8 Å². The van der Waals surface area contributed by atoms with Gasteiger partial charge >= 0.3 is 0 Å². The molecule has 2 bridgehead atoms. The molecule has 3 aromatic rings. The number of H-pyrrole nitrogens is 1. The number of halogens is 2. The minimum atomic E-state index is -1.03. The number of amides is 2. The first-order chi connectivity index (χ1) is 16.2. The highest BCUT2D eigenvalue weighted by Gasteiger charge is 2.42. The second-order valence-corrected chi connectivity index (χ2v) is 8.24. The third-order valence-corrected chi connectivity index (χ3v) is 6.33. The second kappa shape index (κ2) is 7.68. The number of pyridine rings is 1. The molecule has 34 heavy (non-hydrogen) atoms. The van der Waals surface area contributed by atoms with Crippen LogP contribution >= 0.6 is 0 Å². The number of benzene rings is 1. The molecule has 2 atom stereocenters. The first kappa shape index (κ1) is 21.6. The van der Waals surface area contributed by atoms with Crippen LogP contribution in [-0.2, 0) is 6.54 Å². The number of nitrogens with zero attached hydrogens (tertiary/aromatic N) is 4. The van der Waals surface area contributed by atoms with Crippen molar-refractivity contribution in [3.05, 3.63) is 80.8 Å². The van der Waals surface area contributed by atoms with E-state index in [2.05, 4.69) is 15.3 Å². The van der Waals surface area contributed by atoms with Crippen LogP contribution < -0.4 is 15.8 Å². The number of nitrogens with one attached hydrogen (secondary N) is 2. The topological polar surface area (TPSA) is 124 Å². The third kappa shape index (κ3) is 3.13. The highest BCUT2D eigenvalue weighted by atomic mass is 19.1. The number of aromatic hydroxyl groups is 1. The molecule has 0 radical (unpaired) electrons.